The van der Waals surface area contributed by atoms with Crippen molar-refractivity contribution in [1.29, 1.82) is 0 Å². The fourth-order valence-electron chi connectivity index (χ4n) is 6.71. The lowest BCUT2D eigenvalue weighted by molar-refractivity contribution is -0.658. The number of para-hydroxylation sites is 2. The minimum absolute atomic E-state index is 0.640. The molecule has 0 unspecified atom stereocenters. The lowest BCUT2D eigenvalue weighted by Gasteiger charge is -2.08. The van der Waals surface area contributed by atoms with Crippen LogP contribution in [0.2, 0.25) is 0 Å². The average molecular weight is 618 g/mol. The molecule has 0 saturated carbocycles. The van der Waals surface area contributed by atoms with Gasteiger partial charge in [-0.05, 0) is 28.9 Å². The molecule has 10 aromatic rings. The molecule has 48 heavy (non-hydrogen) atoms. The zero-order valence-electron chi connectivity index (χ0n) is 25.5. The number of hydrogen-bond donors (Lipinski definition) is 0. The molecule has 4 aromatic heterocycles. The molecule has 0 aliphatic carbocycles. The second-order valence-electron chi connectivity index (χ2n) is 11.9. The SMILES string of the molecule is c1ccc(-c2c[n+](-c3cccc(-c4nc5c(ccc6c7ccccc7oc65)c5oc6ccccc6c45)c3)nc(-c3ccccc3)n2)cc1. The molecule has 0 saturated heterocycles. The number of nitrogens with zero attached hydrogens (tertiary/aromatic N) is 4. The number of fused-ring (bicyclic) bond motifs is 9. The fraction of sp³-hybridized carbons (Fsp3) is 0. The van der Waals surface area contributed by atoms with E-state index in [0.29, 0.717) is 5.82 Å². The van der Waals surface area contributed by atoms with Crippen LogP contribution in [0.15, 0.2) is 161 Å². The Morgan fingerprint density at radius 1 is 0.479 bits per heavy atom. The van der Waals surface area contributed by atoms with Crippen molar-refractivity contribution in [3.63, 3.8) is 0 Å². The molecule has 10 rings (SSSR count). The fourth-order valence-corrected chi connectivity index (χ4v) is 6.71. The van der Waals surface area contributed by atoms with E-state index in [1.165, 1.54) is 0 Å². The van der Waals surface area contributed by atoms with Crippen molar-refractivity contribution < 1.29 is 13.5 Å². The van der Waals surface area contributed by atoms with Gasteiger partial charge in [0, 0.05) is 55.5 Å². The minimum Gasteiger partial charge on any atom is -0.455 e. The molecule has 0 amide bonds. The Morgan fingerprint density at radius 2 is 1.12 bits per heavy atom. The van der Waals surface area contributed by atoms with Crippen molar-refractivity contribution >= 4 is 54.8 Å². The smallest absolute Gasteiger partial charge is 0.238 e. The van der Waals surface area contributed by atoms with Gasteiger partial charge >= 0.3 is 0 Å². The molecule has 0 bridgehead atoms. The molecule has 0 N–H and O–H groups in total. The summed E-state index contributed by atoms with van der Waals surface area (Å²) in [5.74, 6) is 0.640. The van der Waals surface area contributed by atoms with Crippen LogP contribution in [0.25, 0.3) is 94.4 Å². The number of benzene rings is 6. The largest absolute Gasteiger partial charge is 0.455 e. The Bertz CT molecular complexity index is 2780. The summed E-state index contributed by atoms with van der Waals surface area (Å²) >= 11 is 0. The van der Waals surface area contributed by atoms with E-state index in [0.717, 1.165) is 88.5 Å². The lowest BCUT2D eigenvalue weighted by Crippen LogP contribution is -2.36. The Balaban J connectivity index is 1.24. The monoisotopic (exact) mass is 617 g/mol. The number of pyridine rings is 1. The third-order valence-electron chi connectivity index (χ3n) is 8.98. The van der Waals surface area contributed by atoms with Gasteiger partial charge in [-0.15, -0.1) is 0 Å². The number of rotatable bonds is 4. The Morgan fingerprint density at radius 3 is 1.94 bits per heavy atom. The van der Waals surface area contributed by atoms with Gasteiger partial charge in [0.1, 0.15) is 28.0 Å². The second kappa shape index (κ2) is 10.4. The van der Waals surface area contributed by atoms with Gasteiger partial charge in [0.25, 0.3) is 0 Å². The van der Waals surface area contributed by atoms with E-state index in [-0.39, 0.29) is 0 Å². The van der Waals surface area contributed by atoms with Crippen LogP contribution in [0.3, 0.4) is 0 Å². The molecular weight excluding hydrogens is 592 g/mol. The van der Waals surface area contributed by atoms with Crippen LogP contribution in [0.4, 0.5) is 0 Å². The van der Waals surface area contributed by atoms with E-state index in [4.69, 9.17) is 23.9 Å². The summed E-state index contributed by atoms with van der Waals surface area (Å²) in [5, 5.41) is 9.99. The van der Waals surface area contributed by atoms with Crippen LogP contribution in [0.5, 0.6) is 0 Å². The van der Waals surface area contributed by atoms with Gasteiger partial charge in [-0.3, -0.25) is 0 Å². The van der Waals surface area contributed by atoms with Crippen LogP contribution >= 0.6 is 0 Å². The van der Waals surface area contributed by atoms with Crippen LogP contribution in [-0.2, 0) is 0 Å². The maximum atomic E-state index is 6.59. The first kappa shape index (κ1) is 26.5. The van der Waals surface area contributed by atoms with E-state index in [9.17, 15) is 0 Å². The van der Waals surface area contributed by atoms with E-state index < -0.39 is 0 Å². The summed E-state index contributed by atoms with van der Waals surface area (Å²) in [4.78, 5) is 10.4. The summed E-state index contributed by atoms with van der Waals surface area (Å²) in [6.07, 6.45) is 1.98. The van der Waals surface area contributed by atoms with Gasteiger partial charge < -0.3 is 8.83 Å². The van der Waals surface area contributed by atoms with Crippen LogP contribution in [-0.4, -0.2) is 15.1 Å². The first-order valence-corrected chi connectivity index (χ1v) is 15.9. The lowest BCUT2D eigenvalue weighted by atomic mass is 10.0. The van der Waals surface area contributed by atoms with E-state index >= 15 is 0 Å². The summed E-state index contributed by atoms with van der Waals surface area (Å²) in [5.41, 5.74) is 9.37. The minimum atomic E-state index is 0.640. The molecule has 0 aliphatic heterocycles. The van der Waals surface area contributed by atoms with Crippen molar-refractivity contribution in [3.05, 3.63) is 152 Å². The Hall–Kier alpha value is -6.66. The highest BCUT2D eigenvalue weighted by Gasteiger charge is 2.23. The molecule has 6 heteroatoms. The standard InChI is InChI=1S/C42H25N4O2/c1-3-12-26(13-4-1)34-25-46(45-42(43-34)27-14-5-2-6-15-27)29-17-11-16-28(24-29)38-37-32-19-8-10-21-36(32)47-40(37)33-23-22-31-30-18-7-9-20-35(30)48-41(31)39(33)44-38/h1-25H/q+1. The zero-order valence-corrected chi connectivity index (χ0v) is 25.5. The molecule has 224 valence electrons. The van der Waals surface area contributed by atoms with Crippen molar-refractivity contribution in [2.24, 2.45) is 0 Å². The summed E-state index contributed by atoms with van der Waals surface area (Å²) < 4.78 is 15.0. The molecule has 4 heterocycles. The number of hydrogen-bond acceptors (Lipinski definition) is 5. The van der Waals surface area contributed by atoms with Gasteiger partial charge in [0.15, 0.2) is 5.58 Å². The molecule has 6 aromatic carbocycles. The summed E-state index contributed by atoms with van der Waals surface area (Å²) in [7, 11) is 0. The zero-order chi connectivity index (χ0) is 31.6. The third kappa shape index (κ3) is 4.13. The highest BCUT2D eigenvalue weighted by Crippen LogP contribution is 2.42. The quantitative estimate of drug-likeness (QED) is 0.184. The molecule has 0 fully saturated rings. The van der Waals surface area contributed by atoms with Gasteiger partial charge in [0.05, 0.1) is 11.1 Å². The predicted molar refractivity (Wildman–Crippen MR) is 190 cm³/mol. The van der Waals surface area contributed by atoms with Crippen LogP contribution in [0.1, 0.15) is 0 Å². The van der Waals surface area contributed by atoms with Gasteiger partial charge in [-0.25, -0.2) is 9.97 Å². The van der Waals surface area contributed by atoms with Crippen molar-refractivity contribution in [2.75, 3.05) is 0 Å². The number of aromatic nitrogens is 4. The van der Waals surface area contributed by atoms with Gasteiger partial charge in [-0.1, -0.05) is 109 Å². The summed E-state index contributed by atoms with van der Waals surface area (Å²) in [6.45, 7) is 0. The van der Waals surface area contributed by atoms with E-state index in [1.54, 1.807) is 0 Å². The first-order chi connectivity index (χ1) is 23.8. The van der Waals surface area contributed by atoms with E-state index in [1.807, 2.05) is 102 Å². The van der Waals surface area contributed by atoms with Crippen molar-refractivity contribution in [2.45, 2.75) is 0 Å². The normalized spacial score (nSPS) is 11.8. The predicted octanol–water partition coefficient (Wildman–Crippen LogP) is 10.1. The Kier molecular flexibility index (Phi) is 5.77. The van der Waals surface area contributed by atoms with Gasteiger partial charge in [0.2, 0.25) is 17.7 Å². The maximum Gasteiger partial charge on any atom is 0.238 e. The van der Waals surface area contributed by atoms with Crippen LogP contribution in [0, 0.1) is 0 Å². The Labute approximate surface area is 274 Å². The first-order valence-electron chi connectivity index (χ1n) is 15.9. The third-order valence-corrected chi connectivity index (χ3v) is 8.98. The van der Waals surface area contributed by atoms with Crippen molar-refractivity contribution in [3.8, 4) is 39.6 Å². The van der Waals surface area contributed by atoms with Gasteiger partial charge in [-0.2, -0.15) is 0 Å². The van der Waals surface area contributed by atoms with Crippen molar-refractivity contribution in [1.82, 2.24) is 15.1 Å². The topological polar surface area (TPSA) is 68.8 Å². The highest BCUT2D eigenvalue weighted by atomic mass is 16.3. The molecule has 0 aliphatic rings. The highest BCUT2D eigenvalue weighted by molar-refractivity contribution is 6.24. The molecule has 0 spiro atoms. The molecule has 6 nitrogen and oxygen atoms in total. The van der Waals surface area contributed by atoms with Crippen LogP contribution < -0.4 is 4.68 Å². The van der Waals surface area contributed by atoms with E-state index in [2.05, 4.69) is 54.6 Å². The molecule has 0 radical (unpaired) electrons. The second-order valence-corrected chi connectivity index (χ2v) is 11.9. The molecular formula is C42H25N4O2+. The summed E-state index contributed by atoms with van der Waals surface area (Å²) in [6, 6.07) is 49.0. The number of furan rings is 2. The molecule has 0 atom stereocenters. The average Bonchev–Trinajstić information content (AvgIpc) is 3.75. The maximum absolute atomic E-state index is 6.59.